The van der Waals surface area contributed by atoms with Gasteiger partial charge in [0.2, 0.25) is 5.95 Å². The first kappa shape index (κ1) is 19.6. The lowest BCUT2D eigenvalue weighted by Crippen LogP contribution is -2.53. The zero-order valence-corrected chi connectivity index (χ0v) is 16.8. The molecule has 1 aliphatic rings. The predicted molar refractivity (Wildman–Crippen MR) is 107 cm³/mol. The summed E-state index contributed by atoms with van der Waals surface area (Å²) >= 11 is 0. The van der Waals surface area contributed by atoms with E-state index >= 15 is 0 Å². The van der Waals surface area contributed by atoms with Gasteiger partial charge in [0.25, 0.3) is 0 Å². The van der Waals surface area contributed by atoms with Gasteiger partial charge in [0.15, 0.2) is 0 Å². The van der Waals surface area contributed by atoms with E-state index < -0.39 is 0 Å². The zero-order valence-electron chi connectivity index (χ0n) is 16.8. The van der Waals surface area contributed by atoms with Crippen LogP contribution >= 0.6 is 0 Å². The van der Waals surface area contributed by atoms with Gasteiger partial charge in [-0.1, -0.05) is 6.07 Å². The van der Waals surface area contributed by atoms with Crippen LogP contribution in [0.4, 0.5) is 5.95 Å². The van der Waals surface area contributed by atoms with Crippen molar-refractivity contribution in [1.82, 2.24) is 14.9 Å². The number of benzene rings is 1. The Labute approximate surface area is 161 Å². The molecule has 0 amide bonds. The van der Waals surface area contributed by atoms with Crippen molar-refractivity contribution in [3.8, 4) is 5.75 Å². The van der Waals surface area contributed by atoms with E-state index in [1.165, 1.54) is 16.7 Å². The molecule has 0 bridgehead atoms. The smallest absolute Gasteiger partial charge is 0.225 e. The quantitative estimate of drug-likeness (QED) is 0.843. The number of nitrogens with zero attached hydrogens (tertiary/aromatic N) is 4. The van der Waals surface area contributed by atoms with E-state index in [0.29, 0.717) is 0 Å². The Morgan fingerprint density at radius 2 is 1.96 bits per heavy atom. The van der Waals surface area contributed by atoms with Gasteiger partial charge in [0.1, 0.15) is 5.75 Å². The Kier molecular flexibility index (Phi) is 6.29. The van der Waals surface area contributed by atoms with E-state index in [2.05, 4.69) is 45.7 Å². The predicted octanol–water partition coefficient (Wildman–Crippen LogP) is 2.48. The summed E-state index contributed by atoms with van der Waals surface area (Å²) < 4.78 is 5.44. The number of anilines is 1. The van der Waals surface area contributed by atoms with Gasteiger partial charge in [0, 0.05) is 50.7 Å². The Balaban J connectivity index is 1.76. The molecule has 6 heteroatoms. The van der Waals surface area contributed by atoms with Crippen LogP contribution in [0, 0.1) is 20.8 Å². The molecule has 0 spiro atoms. The maximum absolute atomic E-state index is 9.58. The van der Waals surface area contributed by atoms with Crippen LogP contribution in [0.2, 0.25) is 0 Å². The van der Waals surface area contributed by atoms with Gasteiger partial charge in [-0.25, -0.2) is 9.97 Å². The fraction of sp³-hybridized carbons (Fsp3) is 0.524. The number of aryl methyl sites for hydroxylation is 1. The van der Waals surface area contributed by atoms with Crippen molar-refractivity contribution in [2.75, 3.05) is 38.3 Å². The molecule has 1 aromatic heterocycles. The Hall–Kier alpha value is -2.18. The number of rotatable bonds is 6. The van der Waals surface area contributed by atoms with Crippen LogP contribution in [0.5, 0.6) is 5.75 Å². The van der Waals surface area contributed by atoms with Crippen LogP contribution in [0.25, 0.3) is 0 Å². The lowest BCUT2D eigenvalue weighted by atomic mass is 10.00. The SMILES string of the molecule is COc1ccc(CN2CCN(c3nccc(C)n3)C[C@H]2CCO)c(C)c1C. The van der Waals surface area contributed by atoms with Gasteiger partial charge in [-0.3, -0.25) is 4.90 Å². The molecule has 146 valence electrons. The highest BCUT2D eigenvalue weighted by Crippen LogP contribution is 2.26. The van der Waals surface area contributed by atoms with Crippen LogP contribution in [0.1, 0.15) is 28.8 Å². The van der Waals surface area contributed by atoms with Crippen molar-refractivity contribution >= 4 is 5.95 Å². The fourth-order valence-corrected chi connectivity index (χ4v) is 3.76. The molecule has 3 rings (SSSR count). The standard InChI is InChI=1S/C21H30N4O2/c1-15-7-9-22-21(23-15)25-11-10-24(19(14-25)8-12-26)13-18-5-6-20(27-4)17(3)16(18)2/h5-7,9,19,26H,8,10-14H2,1-4H3/t19-/m1/s1. The van der Waals surface area contributed by atoms with Crippen molar-refractivity contribution in [3.05, 3.63) is 46.8 Å². The third-order valence-electron chi connectivity index (χ3n) is 5.57. The van der Waals surface area contributed by atoms with E-state index in [4.69, 9.17) is 4.74 Å². The molecular weight excluding hydrogens is 340 g/mol. The minimum atomic E-state index is 0.185. The number of ether oxygens (including phenoxy) is 1. The maximum atomic E-state index is 9.58. The third-order valence-corrected chi connectivity index (χ3v) is 5.57. The second-order valence-electron chi connectivity index (χ2n) is 7.26. The first-order chi connectivity index (χ1) is 13.0. The molecule has 0 unspecified atom stereocenters. The molecule has 1 atom stereocenters. The molecule has 6 nitrogen and oxygen atoms in total. The zero-order chi connectivity index (χ0) is 19.4. The first-order valence-electron chi connectivity index (χ1n) is 9.56. The largest absolute Gasteiger partial charge is 0.496 e. The summed E-state index contributed by atoms with van der Waals surface area (Å²) in [4.78, 5) is 13.7. The van der Waals surface area contributed by atoms with Gasteiger partial charge in [-0.2, -0.15) is 0 Å². The topological polar surface area (TPSA) is 61.7 Å². The van der Waals surface area contributed by atoms with Crippen LogP contribution in [-0.2, 0) is 6.54 Å². The van der Waals surface area contributed by atoms with E-state index in [0.717, 1.165) is 50.0 Å². The molecule has 2 heterocycles. The summed E-state index contributed by atoms with van der Waals surface area (Å²) in [6, 6.07) is 6.40. The number of aliphatic hydroxyl groups excluding tert-OH is 1. The molecular formula is C21H30N4O2. The average Bonchev–Trinajstić information content (AvgIpc) is 2.67. The molecule has 1 saturated heterocycles. The minimum absolute atomic E-state index is 0.185. The van der Waals surface area contributed by atoms with Gasteiger partial charge in [-0.05, 0) is 56.0 Å². The number of piperazine rings is 1. The summed E-state index contributed by atoms with van der Waals surface area (Å²) in [6.07, 6.45) is 2.56. The molecule has 27 heavy (non-hydrogen) atoms. The lowest BCUT2D eigenvalue weighted by Gasteiger charge is -2.41. The molecule has 1 N–H and O–H groups in total. The highest BCUT2D eigenvalue weighted by molar-refractivity contribution is 5.43. The summed E-state index contributed by atoms with van der Waals surface area (Å²) in [5.41, 5.74) is 4.77. The van der Waals surface area contributed by atoms with Crippen LogP contribution in [-0.4, -0.2) is 59.4 Å². The third kappa shape index (κ3) is 4.39. The van der Waals surface area contributed by atoms with E-state index in [-0.39, 0.29) is 12.6 Å². The average molecular weight is 370 g/mol. The van der Waals surface area contributed by atoms with Crippen molar-refractivity contribution in [3.63, 3.8) is 0 Å². The molecule has 1 aromatic carbocycles. The highest BCUT2D eigenvalue weighted by atomic mass is 16.5. The lowest BCUT2D eigenvalue weighted by molar-refractivity contribution is 0.134. The number of methoxy groups -OCH3 is 1. The van der Waals surface area contributed by atoms with Crippen molar-refractivity contribution in [2.24, 2.45) is 0 Å². The molecule has 1 aliphatic heterocycles. The van der Waals surface area contributed by atoms with Crippen LogP contribution in [0.3, 0.4) is 0 Å². The summed E-state index contributed by atoms with van der Waals surface area (Å²) in [6.45, 7) is 9.96. The summed E-state index contributed by atoms with van der Waals surface area (Å²) in [7, 11) is 1.71. The van der Waals surface area contributed by atoms with Crippen molar-refractivity contribution < 1.29 is 9.84 Å². The molecule has 2 aromatic rings. The maximum Gasteiger partial charge on any atom is 0.225 e. The fourth-order valence-electron chi connectivity index (χ4n) is 3.76. The van der Waals surface area contributed by atoms with Crippen LogP contribution in [0.15, 0.2) is 24.4 Å². The Morgan fingerprint density at radius 3 is 2.67 bits per heavy atom. The molecule has 1 fully saturated rings. The molecule has 0 aliphatic carbocycles. The summed E-state index contributed by atoms with van der Waals surface area (Å²) in [5.74, 6) is 1.72. The van der Waals surface area contributed by atoms with E-state index in [9.17, 15) is 5.11 Å². The number of aliphatic hydroxyl groups is 1. The normalized spacial score (nSPS) is 18.0. The Morgan fingerprint density at radius 1 is 1.15 bits per heavy atom. The monoisotopic (exact) mass is 370 g/mol. The number of hydrogen-bond acceptors (Lipinski definition) is 6. The Bertz CT molecular complexity index is 781. The molecule has 0 saturated carbocycles. The number of aromatic nitrogens is 2. The second kappa shape index (κ2) is 8.67. The van der Waals surface area contributed by atoms with Gasteiger partial charge >= 0.3 is 0 Å². The van der Waals surface area contributed by atoms with Crippen molar-refractivity contribution in [2.45, 2.75) is 39.8 Å². The van der Waals surface area contributed by atoms with E-state index in [1.807, 2.05) is 19.2 Å². The van der Waals surface area contributed by atoms with Crippen LogP contribution < -0.4 is 9.64 Å². The minimum Gasteiger partial charge on any atom is -0.496 e. The van der Waals surface area contributed by atoms with Gasteiger partial charge in [0.05, 0.1) is 7.11 Å². The second-order valence-corrected chi connectivity index (χ2v) is 7.26. The van der Waals surface area contributed by atoms with E-state index in [1.54, 1.807) is 7.11 Å². The van der Waals surface area contributed by atoms with Crippen molar-refractivity contribution in [1.29, 1.82) is 0 Å². The highest BCUT2D eigenvalue weighted by Gasteiger charge is 2.28. The van der Waals surface area contributed by atoms with Gasteiger partial charge in [-0.15, -0.1) is 0 Å². The summed E-state index contributed by atoms with van der Waals surface area (Å²) in [5, 5.41) is 9.58. The molecule has 0 radical (unpaired) electrons. The van der Waals surface area contributed by atoms with Gasteiger partial charge < -0.3 is 14.7 Å². The first-order valence-corrected chi connectivity index (χ1v) is 9.56. The number of hydrogen-bond donors (Lipinski definition) is 1.